The van der Waals surface area contributed by atoms with Crippen LogP contribution in [0.2, 0.25) is 0 Å². The minimum absolute atomic E-state index is 0.0331. The largest absolute Gasteiger partial charge is 0.462 e. The number of aryl methyl sites for hydroxylation is 2. The molecular formula is C16H25NO2. The van der Waals surface area contributed by atoms with E-state index in [4.69, 9.17) is 4.74 Å². The third-order valence-electron chi connectivity index (χ3n) is 3.66. The van der Waals surface area contributed by atoms with E-state index in [1.54, 1.807) is 0 Å². The van der Waals surface area contributed by atoms with E-state index in [1.807, 2.05) is 13.8 Å². The van der Waals surface area contributed by atoms with E-state index in [0.717, 1.165) is 44.3 Å². The van der Waals surface area contributed by atoms with Crippen LogP contribution in [0.4, 0.5) is 0 Å². The molecule has 3 heteroatoms. The Labute approximate surface area is 115 Å². The molecule has 0 amide bonds. The monoisotopic (exact) mass is 263 g/mol. The van der Waals surface area contributed by atoms with Crippen LogP contribution in [0.25, 0.3) is 0 Å². The maximum atomic E-state index is 12.3. The minimum Gasteiger partial charge on any atom is -0.462 e. The van der Waals surface area contributed by atoms with Crippen molar-refractivity contribution >= 4 is 5.97 Å². The molecule has 106 valence electrons. The molecule has 19 heavy (non-hydrogen) atoms. The number of esters is 1. The zero-order valence-corrected chi connectivity index (χ0v) is 12.3. The molecule has 0 spiro atoms. The van der Waals surface area contributed by atoms with Gasteiger partial charge in [0.1, 0.15) is 0 Å². The van der Waals surface area contributed by atoms with Gasteiger partial charge in [-0.25, -0.2) is 0 Å². The summed E-state index contributed by atoms with van der Waals surface area (Å²) in [5.74, 6) is -0.130. The molecule has 0 aromatic carbocycles. The van der Waals surface area contributed by atoms with Gasteiger partial charge < -0.3 is 9.30 Å². The molecule has 3 nitrogen and oxygen atoms in total. The van der Waals surface area contributed by atoms with E-state index in [2.05, 4.69) is 23.8 Å². The van der Waals surface area contributed by atoms with E-state index >= 15 is 0 Å². The Morgan fingerprint density at radius 3 is 2.95 bits per heavy atom. The molecule has 0 fully saturated rings. The van der Waals surface area contributed by atoms with Crippen LogP contribution in [0, 0.1) is 0 Å². The number of aromatic nitrogens is 1. The first-order valence-corrected chi connectivity index (χ1v) is 7.51. The van der Waals surface area contributed by atoms with Gasteiger partial charge in [0.25, 0.3) is 0 Å². The first-order chi connectivity index (χ1) is 9.11. The number of fused-ring (bicyclic) bond motifs is 1. The summed E-state index contributed by atoms with van der Waals surface area (Å²) in [6.07, 6.45) is 7.59. The highest BCUT2D eigenvalue weighted by Crippen LogP contribution is 2.30. The average molecular weight is 263 g/mol. The molecule has 1 aromatic rings. The van der Waals surface area contributed by atoms with Crippen LogP contribution in [0.15, 0.2) is 12.3 Å². The Morgan fingerprint density at radius 1 is 1.47 bits per heavy atom. The summed E-state index contributed by atoms with van der Waals surface area (Å²) in [5.41, 5.74) is 2.51. The van der Waals surface area contributed by atoms with E-state index in [9.17, 15) is 4.79 Å². The lowest BCUT2D eigenvalue weighted by Gasteiger charge is -2.16. The summed E-state index contributed by atoms with van der Waals surface area (Å²) in [7, 11) is 0. The number of rotatable bonds is 4. The fourth-order valence-electron chi connectivity index (χ4n) is 2.84. The van der Waals surface area contributed by atoms with Crippen molar-refractivity contribution in [2.75, 3.05) is 0 Å². The van der Waals surface area contributed by atoms with Crippen molar-refractivity contribution in [2.24, 2.45) is 0 Å². The molecule has 1 atom stereocenters. The molecule has 0 saturated heterocycles. The molecule has 0 saturated carbocycles. The lowest BCUT2D eigenvalue weighted by Crippen LogP contribution is -2.20. The molecular weight excluding hydrogens is 238 g/mol. The summed E-state index contributed by atoms with van der Waals surface area (Å²) in [5, 5.41) is 0. The smallest absolute Gasteiger partial charge is 0.315 e. The van der Waals surface area contributed by atoms with Crippen molar-refractivity contribution in [3.63, 3.8) is 0 Å². The number of hydrogen-bond acceptors (Lipinski definition) is 2. The van der Waals surface area contributed by atoms with Crippen LogP contribution in [-0.4, -0.2) is 16.6 Å². The predicted molar refractivity (Wildman–Crippen MR) is 76.2 cm³/mol. The number of nitrogens with zero attached hydrogens (tertiary/aromatic N) is 1. The SMILES string of the molecule is CCCc1cc2n(c1)CCCCC2C(=O)OC(C)C. The fourth-order valence-corrected chi connectivity index (χ4v) is 2.84. The van der Waals surface area contributed by atoms with Gasteiger partial charge in [0.2, 0.25) is 0 Å². The maximum Gasteiger partial charge on any atom is 0.315 e. The van der Waals surface area contributed by atoms with Crippen molar-refractivity contribution in [3.8, 4) is 0 Å². The second kappa shape index (κ2) is 6.27. The quantitative estimate of drug-likeness (QED) is 0.776. The number of carbonyl (C=O) groups excluding carboxylic acids is 1. The van der Waals surface area contributed by atoms with Gasteiger partial charge >= 0.3 is 5.97 Å². The molecule has 0 N–H and O–H groups in total. The molecule has 1 aliphatic rings. The van der Waals surface area contributed by atoms with Crippen LogP contribution in [0.1, 0.15) is 63.6 Å². The van der Waals surface area contributed by atoms with E-state index in [1.165, 1.54) is 5.56 Å². The number of carbonyl (C=O) groups is 1. The Bertz CT molecular complexity index is 434. The lowest BCUT2D eigenvalue weighted by atomic mass is 9.99. The van der Waals surface area contributed by atoms with Gasteiger partial charge in [-0.15, -0.1) is 0 Å². The fraction of sp³-hybridized carbons (Fsp3) is 0.688. The molecule has 1 unspecified atom stereocenters. The van der Waals surface area contributed by atoms with Gasteiger partial charge in [0.05, 0.1) is 12.0 Å². The van der Waals surface area contributed by atoms with Crippen molar-refractivity contribution in [2.45, 2.75) is 71.4 Å². The van der Waals surface area contributed by atoms with Crippen molar-refractivity contribution in [1.29, 1.82) is 0 Å². The van der Waals surface area contributed by atoms with Crippen molar-refractivity contribution in [3.05, 3.63) is 23.5 Å². The Kier molecular flexibility index (Phi) is 4.67. The van der Waals surface area contributed by atoms with Crippen LogP contribution >= 0.6 is 0 Å². The number of ether oxygens (including phenoxy) is 1. The molecule has 2 heterocycles. The highest BCUT2D eigenvalue weighted by Gasteiger charge is 2.28. The van der Waals surface area contributed by atoms with Gasteiger partial charge in [-0.3, -0.25) is 4.79 Å². The zero-order chi connectivity index (χ0) is 13.8. The van der Waals surface area contributed by atoms with Gasteiger partial charge in [0.15, 0.2) is 0 Å². The molecule has 1 aliphatic heterocycles. The summed E-state index contributed by atoms with van der Waals surface area (Å²) >= 11 is 0. The highest BCUT2D eigenvalue weighted by atomic mass is 16.5. The summed E-state index contributed by atoms with van der Waals surface area (Å²) < 4.78 is 7.69. The van der Waals surface area contributed by atoms with Gasteiger partial charge in [-0.1, -0.05) is 19.8 Å². The second-order valence-corrected chi connectivity index (χ2v) is 5.75. The summed E-state index contributed by atoms with van der Waals surface area (Å²) in [4.78, 5) is 12.3. The molecule has 0 aliphatic carbocycles. The van der Waals surface area contributed by atoms with Crippen molar-refractivity contribution < 1.29 is 9.53 Å². The first kappa shape index (κ1) is 14.2. The molecule has 0 radical (unpaired) electrons. The van der Waals surface area contributed by atoms with Crippen LogP contribution in [-0.2, 0) is 22.5 Å². The van der Waals surface area contributed by atoms with Gasteiger partial charge in [-0.05, 0) is 44.7 Å². The third kappa shape index (κ3) is 3.40. The third-order valence-corrected chi connectivity index (χ3v) is 3.66. The van der Waals surface area contributed by atoms with Crippen LogP contribution in [0.5, 0.6) is 0 Å². The Balaban J connectivity index is 2.23. The first-order valence-electron chi connectivity index (χ1n) is 7.51. The van der Waals surface area contributed by atoms with E-state index in [-0.39, 0.29) is 18.0 Å². The summed E-state index contributed by atoms with van der Waals surface area (Å²) in [6.45, 7) is 7.05. The van der Waals surface area contributed by atoms with Crippen LogP contribution in [0.3, 0.4) is 0 Å². The van der Waals surface area contributed by atoms with E-state index < -0.39 is 0 Å². The topological polar surface area (TPSA) is 31.2 Å². The van der Waals surface area contributed by atoms with Crippen molar-refractivity contribution in [1.82, 2.24) is 4.57 Å². The predicted octanol–water partition coefficient (Wildman–Crippen LogP) is 3.66. The van der Waals surface area contributed by atoms with E-state index in [0.29, 0.717) is 0 Å². The minimum atomic E-state index is -0.0736. The summed E-state index contributed by atoms with van der Waals surface area (Å²) in [6, 6.07) is 2.21. The lowest BCUT2D eigenvalue weighted by molar-refractivity contribution is -0.149. The number of hydrogen-bond donors (Lipinski definition) is 0. The zero-order valence-electron chi connectivity index (χ0n) is 12.3. The average Bonchev–Trinajstić information content (AvgIpc) is 2.61. The van der Waals surface area contributed by atoms with Gasteiger partial charge in [0, 0.05) is 18.4 Å². The maximum absolute atomic E-state index is 12.3. The molecule has 1 aromatic heterocycles. The van der Waals surface area contributed by atoms with Gasteiger partial charge in [-0.2, -0.15) is 0 Å². The van der Waals surface area contributed by atoms with Crippen LogP contribution < -0.4 is 0 Å². The standard InChI is InChI=1S/C16H25NO2/c1-4-7-13-10-15-14(16(18)19-12(2)3)8-5-6-9-17(15)11-13/h10-12,14H,4-9H2,1-3H3. The Morgan fingerprint density at radius 2 is 2.26 bits per heavy atom. The normalized spacial score (nSPS) is 19.1. The Hall–Kier alpha value is -1.25. The molecule has 2 rings (SSSR count). The highest BCUT2D eigenvalue weighted by molar-refractivity contribution is 5.78. The second-order valence-electron chi connectivity index (χ2n) is 5.75. The molecule has 0 bridgehead atoms.